The van der Waals surface area contributed by atoms with Gasteiger partial charge in [-0.05, 0) is 61.6 Å². The fourth-order valence-corrected chi connectivity index (χ4v) is 6.56. The number of likely N-dealkylation sites (tertiary alicyclic amines) is 1. The van der Waals surface area contributed by atoms with Crippen LogP contribution < -0.4 is 0 Å². The van der Waals surface area contributed by atoms with Gasteiger partial charge in [-0.2, -0.15) is 0 Å². The Hall–Kier alpha value is -3.08. The van der Waals surface area contributed by atoms with Crippen LogP contribution in [0.3, 0.4) is 0 Å². The third kappa shape index (κ3) is 5.07. The highest BCUT2D eigenvalue weighted by Crippen LogP contribution is 2.49. The van der Waals surface area contributed by atoms with Crippen molar-refractivity contribution in [3.63, 3.8) is 0 Å². The van der Waals surface area contributed by atoms with Crippen LogP contribution in [0.1, 0.15) is 65.0 Å². The predicted octanol–water partition coefficient (Wildman–Crippen LogP) is 4.99. The van der Waals surface area contributed by atoms with Crippen LogP contribution in [0.25, 0.3) is 0 Å². The van der Waals surface area contributed by atoms with Gasteiger partial charge < -0.3 is 19.8 Å². The second kappa shape index (κ2) is 11.5. The minimum atomic E-state index is -1.70. The van der Waals surface area contributed by atoms with Gasteiger partial charge in [-0.3, -0.25) is 19.5 Å². The molecule has 8 nitrogen and oxygen atoms in total. The number of fused-ring (bicyclic) bond motifs is 1. The Bertz CT molecular complexity index is 1530. The average molecular weight is 617 g/mol. The quantitative estimate of drug-likeness (QED) is 0.388. The van der Waals surface area contributed by atoms with Gasteiger partial charge in [0.2, 0.25) is 5.91 Å². The summed E-state index contributed by atoms with van der Waals surface area (Å²) in [5.41, 5.74) is -1.63. The zero-order chi connectivity index (χ0) is 30.4. The number of nitrogens with zero attached hydrogens (tertiary/aromatic N) is 3. The van der Waals surface area contributed by atoms with Crippen LogP contribution in [0.5, 0.6) is 0 Å². The molecule has 0 radical (unpaired) electrons. The number of hydrogen-bond acceptors (Lipinski definition) is 6. The molecule has 0 aliphatic carbocycles. The Morgan fingerprint density at radius 3 is 2.43 bits per heavy atom. The normalized spacial score (nSPS) is 20.5. The molecular formula is C31H32Cl2FN3O5. The van der Waals surface area contributed by atoms with Gasteiger partial charge in [-0.15, -0.1) is 0 Å². The van der Waals surface area contributed by atoms with Crippen molar-refractivity contribution in [2.45, 2.75) is 51.2 Å². The standard InChI is InChI=1S/C31H32Cl2FN3O5/c1-18(39)36-10-8-20(9-11-36)30(2,41)22-13-25-28(26(34)14-22)31(42-3,21-4-6-23(32)7-5-21)37(29(25)40)16-27-19(17-38)12-24(33)15-35-27/h4-7,12-15,20,38,41H,8-11,16-17H2,1-3H3/t30?,31-/m1/s1. The number of hydrogen-bond donors (Lipinski definition) is 2. The van der Waals surface area contributed by atoms with Crippen LogP contribution in [-0.4, -0.2) is 57.0 Å². The van der Waals surface area contributed by atoms with Crippen LogP contribution in [0, 0.1) is 11.7 Å². The minimum Gasteiger partial charge on any atom is -0.392 e. The number of ether oxygens (including phenoxy) is 1. The molecule has 2 N–H and O–H groups in total. The molecule has 1 fully saturated rings. The Morgan fingerprint density at radius 1 is 1.17 bits per heavy atom. The van der Waals surface area contributed by atoms with Gasteiger partial charge in [0.1, 0.15) is 5.82 Å². The summed E-state index contributed by atoms with van der Waals surface area (Å²) in [4.78, 5) is 33.5. The Balaban J connectivity index is 1.63. The molecular weight excluding hydrogens is 584 g/mol. The SMILES string of the molecule is CO[C@]1(c2ccc(Cl)cc2)c2c(F)cc(C(C)(O)C3CCN(C(C)=O)CC3)cc2C(=O)N1Cc1ncc(Cl)cc1CO. The van der Waals surface area contributed by atoms with Gasteiger partial charge in [-0.25, -0.2) is 4.39 Å². The van der Waals surface area contributed by atoms with Gasteiger partial charge >= 0.3 is 0 Å². The molecule has 1 aromatic heterocycles. The van der Waals surface area contributed by atoms with E-state index in [0.717, 1.165) is 0 Å². The van der Waals surface area contributed by atoms with Gasteiger partial charge in [0.15, 0.2) is 5.72 Å². The van der Waals surface area contributed by atoms with Gasteiger partial charge in [0.25, 0.3) is 5.91 Å². The first-order chi connectivity index (χ1) is 19.9. The summed E-state index contributed by atoms with van der Waals surface area (Å²) < 4.78 is 22.5. The maximum atomic E-state index is 16.4. The second-order valence-electron chi connectivity index (χ2n) is 11.0. The molecule has 3 heterocycles. The lowest BCUT2D eigenvalue weighted by Crippen LogP contribution is -2.46. The average Bonchev–Trinajstić information content (AvgIpc) is 3.22. The summed E-state index contributed by atoms with van der Waals surface area (Å²) in [5, 5.41) is 22.5. The number of rotatable bonds is 7. The maximum absolute atomic E-state index is 16.4. The predicted molar refractivity (Wildman–Crippen MR) is 155 cm³/mol. The largest absolute Gasteiger partial charge is 0.392 e. The molecule has 3 aromatic rings. The molecule has 5 rings (SSSR count). The number of amides is 2. The van der Waals surface area contributed by atoms with E-state index >= 15 is 4.39 Å². The Kier molecular flexibility index (Phi) is 8.35. The summed E-state index contributed by atoms with van der Waals surface area (Å²) in [6.45, 7) is 3.60. The highest BCUT2D eigenvalue weighted by Gasteiger charge is 2.54. The summed E-state index contributed by atoms with van der Waals surface area (Å²) in [5.74, 6) is -1.54. The summed E-state index contributed by atoms with van der Waals surface area (Å²) in [6, 6.07) is 10.9. The van der Waals surface area contributed by atoms with Crippen LogP contribution >= 0.6 is 23.2 Å². The maximum Gasteiger partial charge on any atom is 0.257 e. The van der Waals surface area contributed by atoms with E-state index in [9.17, 15) is 19.8 Å². The highest BCUT2D eigenvalue weighted by molar-refractivity contribution is 6.30. The number of methoxy groups -OCH3 is 1. The van der Waals surface area contributed by atoms with Gasteiger partial charge in [0, 0.05) is 49.5 Å². The molecule has 2 atom stereocenters. The third-order valence-electron chi connectivity index (χ3n) is 8.64. The van der Waals surface area contributed by atoms with Crippen molar-refractivity contribution in [1.82, 2.24) is 14.8 Å². The molecule has 0 saturated carbocycles. The molecule has 2 amide bonds. The van der Waals surface area contributed by atoms with E-state index in [0.29, 0.717) is 52.8 Å². The first-order valence-electron chi connectivity index (χ1n) is 13.6. The van der Waals surface area contributed by atoms with E-state index in [1.54, 1.807) is 42.2 Å². The summed E-state index contributed by atoms with van der Waals surface area (Å²) in [6.07, 6.45) is 2.47. The van der Waals surface area contributed by atoms with Crippen molar-refractivity contribution < 1.29 is 28.9 Å². The minimum absolute atomic E-state index is 0.00258. The van der Waals surface area contributed by atoms with E-state index in [-0.39, 0.29) is 41.7 Å². The smallest absolute Gasteiger partial charge is 0.257 e. The van der Waals surface area contributed by atoms with Crippen LogP contribution in [0.4, 0.5) is 4.39 Å². The van der Waals surface area contributed by atoms with E-state index in [1.807, 2.05) is 0 Å². The first-order valence-corrected chi connectivity index (χ1v) is 14.4. The zero-order valence-corrected chi connectivity index (χ0v) is 25.0. The Morgan fingerprint density at radius 2 is 1.83 bits per heavy atom. The summed E-state index contributed by atoms with van der Waals surface area (Å²) in [7, 11) is 1.39. The number of carbonyl (C=O) groups is 2. The number of pyridine rings is 1. The highest BCUT2D eigenvalue weighted by atomic mass is 35.5. The fourth-order valence-electron chi connectivity index (χ4n) is 6.26. The number of aliphatic hydroxyl groups is 2. The van der Waals surface area contributed by atoms with E-state index in [1.165, 1.54) is 37.3 Å². The lowest BCUT2D eigenvalue weighted by molar-refractivity contribution is -0.132. The molecule has 0 bridgehead atoms. The van der Waals surface area contributed by atoms with Crippen molar-refractivity contribution in [3.05, 3.63) is 98.0 Å². The molecule has 222 valence electrons. The lowest BCUT2D eigenvalue weighted by atomic mass is 9.76. The molecule has 0 spiro atoms. The van der Waals surface area contributed by atoms with Crippen molar-refractivity contribution in [2.24, 2.45) is 5.92 Å². The van der Waals surface area contributed by atoms with Crippen LogP contribution in [0.15, 0.2) is 48.7 Å². The monoisotopic (exact) mass is 615 g/mol. The molecule has 1 unspecified atom stereocenters. The number of aliphatic hydroxyl groups excluding tert-OH is 1. The molecule has 2 aliphatic heterocycles. The molecule has 2 aliphatic rings. The van der Waals surface area contributed by atoms with E-state index in [2.05, 4.69) is 4.98 Å². The number of benzene rings is 2. The van der Waals surface area contributed by atoms with Gasteiger partial charge in [-0.1, -0.05) is 35.3 Å². The topological polar surface area (TPSA) is 103 Å². The van der Waals surface area contributed by atoms with Crippen molar-refractivity contribution >= 4 is 35.0 Å². The fraction of sp³-hybridized carbons (Fsp3) is 0.387. The van der Waals surface area contributed by atoms with E-state index < -0.39 is 23.1 Å². The second-order valence-corrected chi connectivity index (χ2v) is 11.8. The Labute approximate surface area is 253 Å². The third-order valence-corrected chi connectivity index (χ3v) is 9.10. The van der Waals surface area contributed by atoms with Gasteiger partial charge in [0.05, 0.1) is 40.6 Å². The number of aromatic nitrogens is 1. The van der Waals surface area contributed by atoms with Crippen molar-refractivity contribution in [2.75, 3.05) is 20.2 Å². The van der Waals surface area contributed by atoms with Crippen molar-refractivity contribution in [3.8, 4) is 0 Å². The number of piperidine rings is 1. The first kappa shape index (κ1) is 30.4. The summed E-state index contributed by atoms with van der Waals surface area (Å²) >= 11 is 12.3. The van der Waals surface area contributed by atoms with Crippen LogP contribution in [-0.2, 0) is 34.0 Å². The van der Waals surface area contributed by atoms with Crippen LogP contribution in [0.2, 0.25) is 10.0 Å². The van der Waals surface area contributed by atoms with E-state index in [4.69, 9.17) is 27.9 Å². The molecule has 11 heteroatoms. The number of carbonyl (C=O) groups excluding carboxylic acids is 2. The molecule has 1 saturated heterocycles. The zero-order valence-electron chi connectivity index (χ0n) is 23.5. The molecule has 2 aromatic carbocycles. The number of halogens is 3. The lowest BCUT2D eigenvalue weighted by Gasteiger charge is -2.40. The van der Waals surface area contributed by atoms with Crippen molar-refractivity contribution in [1.29, 1.82) is 0 Å². The molecule has 42 heavy (non-hydrogen) atoms.